The van der Waals surface area contributed by atoms with Crippen molar-refractivity contribution in [3.05, 3.63) is 65.9 Å². The first kappa shape index (κ1) is 21.0. The van der Waals surface area contributed by atoms with Crippen LogP contribution in [-0.2, 0) is 4.74 Å². The highest BCUT2D eigenvalue weighted by atomic mass is 35.5. The zero-order chi connectivity index (χ0) is 22.6. The Bertz CT molecular complexity index is 1240. The molecular weight excluding hydrogens is 442 g/mol. The van der Waals surface area contributed by atoms with Gasteiger partial charge in [0.05, 0.1) is 23.9 Å². The second-order valence-electron chi connectivity index (χ2n) is 7.35. The van der Waals surface area contributed by atoms with Gasteiger partial charge in [0.1, 0.15) is 12.1 Å². The Hall–Kier alpha value is -3.89. The van der Waals surface area contributed by atoms with Crippen LogP contribution in [0.1, 0.15) is 0 Å². The third-order valence-electron chi connectivity index (χ3n) is 5.12. The van der Waals surface area contributed by atoms with Gasteiger partial charge in [-0.1, -0.05) is 29.8 Å². The van der Waals surface area contributed by atoms with Crippen molar-refractivity contribution in [3.63, 3.8) is 0 Å². The number of ether oxygens (including phenoxy) is 1. The van der Waals surface area contributed by atoms with Crippen LogP contribution in [-0.4, -0.2) is 51.0 Å². The third-order valence-corrected chi connectivity index (χ3v) is 5.44. The Morgan fingerprint density at radius 1 is 0.970 bits per heavy atom. The molecule has 2 aromatic carbocycles. The van der Waals surface area contributed by atoms with E-state index in [0.29, 0.717) is 41.5 Å². The van der Waals surface area contributed by atoms with Crippen LogP contribution in [0.5, 0.6) is 0 Å². The normalized spacial score (nSPS) is 13.7. The highest BCUT2D eigenvalue weighted by Crippen LogP contribution is 2.30. The van der Waals surface area contributed by atoms with E-state index in [1.807, 2.05) is 48.5 Å². The smallest absolute Gasteiger partial charge is 0.248 e. The predicted molar refractivity (Wildman–Crippen MR) is 129 cm³/mol. The highest BCUT2D eigenvalue weighted by Gasteiger charge is 2.15. The molecule has 3 heterocycles. The largest absolute Gasteiger partial charge is 0.378 e. The molecular formula is C22H22ClN9O. The summed E-state index contributed by atoms with van der Waals surface area (Å²) in [5, 5.41) is 11.4. The van der Waals surface area contributed by atoms with E-state index >= 15 is 0 Å². The van der Waals surface area contributed by atoms with Gasteiger partial charge in [-0.05, 0) is 30.3 Å². The van der Waals surface area contributed by atoms with E-state index in [2.05, 4.69) is 35.6 Å². The number of hydrogen-bond donors (Lipinski definition) is 3. The summed E-state index contributed by atoms with van der Waals surface area (Å²) in [6.45, 7) is 3.10. The second-order valence-corrected chi connectivity index (χ2v) is 7.75. The number of nitrogens with one attached hydrogen (secondary N) is 2. The number of morpholine rings is 1. The minimum Gasteiger partial charge on any atom is -0.378 e. The average molecular weight is 464 g/mol. The van der Waals surface area contributed by atoms with Gasteiger partial charge in [0.2, 0.25) is 11.9 Å². The van der Waals surface area contributed by atoms with Crippen molar-refractivity contribution in [2.24, 2.45) is 0 Å². The molecule has 33 heavy (non-hydrogen) atoms. The van der Waals surface area contributed by atoms with Crippen LogP contribution in [0.25, 0.3) is 5.82 Å². The molecule has 1 fully saturated rings. The zero-order valence-electron chi connectivity index (χ0n) is 17.6. The van der Waals surface area contributed by atoms with Gasteiger partial charge < -0.3 is 26.0 Å². The molecule has 0 radical (unpaired) electrons. The van der Waals surface area contributed by atoms with Crippen molar-refractivity contribution >= 4 is 46.4 Å². The van der Waals surface area contributed by atoms with E-state index in [1.54, 1.807) is 6.07 Å². The van der Waals surface area contributed by atoms with Crippen LogP contribution in [0.15, 0.2) is 60.9 Å². The molecule has 1 aliphatic heterocycles. The molecule has 0 saturated carbocycles. The van der Waals surface area contributed by atoms with E-state index in [4.69, 9.17) is 22.1 Å². The van der Waals surface area contributed by atoms with Gasteiger partial charge in [0, 0.05) is 30.5 Å². The standard InChI is InChI=1S/C22H22ClN9O/c23-17-12-16(31-8-10-33-11-9-31)6-7-18(17)28-22-29-21(24)32(30-22)20-13-19(25-14-26-20)27-15-4-2-1-3-5-15/h1-7,12-14H,8-11H2,(H,25,26,27)(H3,24,28,29,30). The molecule has 1 saturated heterocycles. The molecule has 0 bridgehead atoms. The lowest BCUT2D eigenvalue weighted by Gasteiger charge is -2.29. The minimum absolute atomic E-state index is 0.183. The van der Waals surface area contributed by atoms with E-state index in [1.165, 1.54) is 11.0 Å². The van der Waals surface area contributed by atoms with Crippen molar-refractivity contribution in [2.75, 3.05) is 47.6 Å². The van der Waals surface area contributed by atoms with Gasteiger partial charge in [-0.15, -0.1) is 5.10 Å². The maximum Gasteiger partial charge on any atom is 0.248 e. The lowest BCUT2D eigenvalue weighted by Crippen LogP contribution is -2.36. The SMILES string of the molecule is Nc1nc(Nc2ccc(N3CCOCC3)cc2Cl)nn1-c1cc(Nc2ccccc2)ncn1. The van der Waals surface area contributed by atoms with E-state index < -0.39 is 0 Å². The molecule has 4 N–H and O–H groups in total. The molecule has 10 nitrogen and oxygen atoms in total. The topological polar surface area (TPSA) is 119 Å². The average Bonchev–Trinajstić information content (AvgIpc) is 3.22. The first-order valence-electron chi connectivity index (χ1n) is 10.4. The van der Waals surface area contributed by atoms with Crippen LogP contribution in [0.3, 0.4) is 0 Å². The summed E-state index contributed by atoms with van der Waals surface area (Å²) < 4.78 is 6.85. The lowest BCUT2D eigenvalue weighted by atomic mass is 10.2. The number of benzene rings is 2. The van der Waals surface area contributed by atoms with Crippen LogP contribution in [0.4, 0.5) is 34.8 Å². The Morgan fingerprint density at radius 3 is 2.58 bits per heavy atom. The highest BCUT2D eigenvalue weighted by molar-refractivity contribution is 6.33. The van der Waals surface area contributed by atoms with Crippen LogP contribution >= 0.6 is 11.6 Å². The number of halogens is 1. The summed E-state index contributed by atoms with van der Waals surface area (Å²) >= 11 is 6.52. The number of anilines is 6. The van der Waals surface area contributed by atoms with Gasteiger partial charge in [0.25, 0.3) is 0 Å². The minimum atomic E-state index is 0.183. The molecule has 168 valence electrons. The van der Waals surface area contributed by atoms with Gasteiger partial charge in [-0.3, -0.25) is 0 Å². The molecule has 0 atom stereocenters. The van der Waals surface area contributed by atoms with Crippen LogP contribution < -0.4 is 21.3 Å². The Labute approximate surface area is 195 Å². The van der Waals surface area contributed by atoms with E-state index in [-0.39, 0.29) is 5.95 Å². The Balaban J connectivity index is 1.33. The molecule has 0 spiro atoms. The number of nitrogens with two attached hydrogens (primary N) is 1. The van der Waals surface area contributed by atoms with Crippen molar-refractivity contribution in [2.45, 2.75) is 0 Å². The van der Waals surface area contributed by atoms with Crippen molar-refractivity contribution in [3.8, 4) is 5.82 Å². The number of para-hydroxylation sites is 1. The Kier molecular flexibility index (Phi) is 5.92. The number of aromatic nitrogens is 5. The quantitative estimate of drug-likeness (QED) is 0.393. The fourth-order valence-corrected chi connectivity index (χ4v) is 3.71. The summed E-state index contributed by atoms with van der Waals surface area (Å²) in [7, 11) is 0. The van der Waals surface area contributed by atoms with Gasteiger partial charge >= 0.3 is 0 Å². The van der Waals surface area contributed by atoms with Crippen molar-refractivity contribution in [1.29, 1.82) is 0 Å². The Morgan fingerprint density at radius 2 is 1.79 bits per heavy atom. The molecule has 2 aromatic heterocycles. The molecule has 0 unspecified atom stereocenters. The summed E-state index contributed by atoms with van der Waals surface area (Å²) in [5.74, 6) is 1.58. The van der Waals surface area contributed by atoms with E-state index in [0.717, 1.165) is 24.5 Å². The molecule has 0 amide bonds. The number of hydrogen-bond acceptors (Lipinski definition) is 9. The third kappa shape index (κ3) is 4.81. The molecule has 4 aromatic rings. The van der Waals surface area contributed by atoms with Crippen LogP contribution in [0.2, 0.25) is 5.02 Å². The monoisotopic (exact) mass is 463 g/mol. The first-order chi connectivity index (χ1) is 16.2. The molecule has 5 rings (SSSR count). The number of nitrogen functional groups attached to an aromatic ring is 1. The van der Waals surface area contributed by atoms with Crippen LogP contribution in [0, 0.1) is 0 Å². The van der Waals surface area contributed by atoms with Gasteiger partial charge in [0.15, 0.2) is 5.82 Å². The number of rotatable bonds is 6. The summed E-state index contributed by atoms with van der Waals surface area (Å²) in [5.41, 5.74) is 8.74. The van der Waals surface area contributed by atoms with E-state index in [9.17, 15) is 0 Å². The van der Waals surface area contributed by atoms with Gasteiger partial charge in [-0.2, -0.15) is 9.67 Å². The predicted octanol–water partition coefficient (Wildman–Crippen LogP) is 3.62. The first-order valence-corrected chi connectivity index (χ1v) is 10.8. The molecule has 11 heteroatoms. The summed E-state index contributed by atoms with van der Waals surface area (Å²) in [4.78, 5) is 15.1. The fraction of sp³-hybridized carbons (Fsp3) is 0.182. The van der Waals surface area contributed by atoms with Gasteiger partial charge in [-0.25, -0.2) is 9.97 Å². The van der Waals surface area contributed by atoms with Crippen molar-refractivity contribution in [1.82, 2.24) is 24.7 Å². The number of nitrogens with zero attached hydrogens (tertiary/aromatic N) is 6. The zero-order valence-corrected chi connectivity index (χ0v) is 18.4. The van der Waals surface area contributed by atoms with Crippen molar-refractivity contribution < 1.29 is 4.74 Å². The fourth-order valence-electron chi connectivity index (χ4n) is 3.49. The maximum atomic E-state index is 6.52. The summed E-state index contributed by atoms with van der Waals surface area (Å²) in [6.07, 6.45) is 1.44. The molecule has 1 aliphatic rings. The maximum absolute atomic E-state index is 6.52. The summed E-state index contributed by atoms with van der Waals surface area (Å²) in [6, 6.07) is 17.3. The second kappa shape index (κ2) is 9.31. The lowest BCUT2D eigenvalue weighted by molar-refractivity contribution is 0.122. The molecule has 0 aliphatic carbocycles.